The lowest BCUT2D eigenvalue weighted by molar-refractivity contribution is -0.134. The summed E-state index contributed by atoms with van der Waals surface area (Å²) in [4.78, 5) is 15.2. The highest BCUT2D eigenvalue weighted by Crippen LogP contribution is 2.35. The lowest BCUT2D eigenvalue weighted by atomic mass is 9.86. The number of carbonyl (C=O) groups excluding carboxylic acids is 1. The fourth-order valence-electron chi connectivity index (χ4n) is 4.21. The Kier molecular flexibility index (Phi) is 6.92. The van der Waals surface area contributed by atoms with Crippen LogP contribution in [-0.2, 0) is 4.79 Å². The molecule has 1 amide bonds. The third kappa shape index (κ3) is 5.03. The molecule has 1 N–H and O–H groups in total. The van der Waals surface area contributed by atoms with E-state index in [1.165, 1.54) is 0 Å². The Bertz CT molecular complexity index is 1090. The first kappa shape index (κ1) is 22.5. The fourth-order valence-corrected chi connectivity index (χ4v) is 4.59. The Hall–Kier alpha value is -2.69. The summed E-state index contributed by atoms with van der Waals surface area (Å²) in [5.74, 6) is 0.528. The Morgan fingerprint density at radius 3 is 2.53 bits per heavy atom. The molecule has 1 aliphatic rings. The molecule has 0 aromatic heterocycles. The molecule has 6 heteroatoms. The fraction of sp³-hybridized carbons (Fsp3) is 0.269. The third-order valence-corrected chi connectivity index (χ3v) is 6.56. The summed E-state index contributed by atoms with van der Waals surface area (Å²) in [5.41, 5.74) is 1.91. The van der Waals surface area contributed by atoms with Gasteiger partial charge in [0.2, 0.25) is 5.91 Å². The highest BCUT2D eigenvalue weighted by Gasteiger charge is 2.36. The van der Waals surface area contributed by atoms with Gasteiger partial charge >= 0.3 is 0 Å². The van der Waals surface area contributed by atoms with Crippen LogP contribution < -0.4 is 4.74 Å². The quantitative estimate of drug-likeness (QED) is 0.479. The number of benzene rings is 3. The van der Waals surface area contributed by atoms with Crippen LogP contribution in [0.25, 0.3) is 0 Å². The van der Waals surface area contributed by atoms with Gasteiger partial charge in [0.25, 0.3) is 0 Å². The second-order valence-electron chi connectivity index (χ2n) is 8.13. The molecule has 4 rings (SSSR count). The minimum atomic E-state index is -0.309. The van der Waals surface area contributed by atoms with Crippen molar-refractivity contribution in [2.45, 2.75) is 31.3 Å². The second-order valence-corrected chi connectivity index (χ2v) is 8.98. The zero-order valence-corrected chi connectivity index (χ0v) is 19.3. The van der Waals surface area contributed by atoms with Crippen LogP contribution in [0.3, 0.4) is 0 Å². The van der Waals surface area contributed by atoms with Gasteiger partial charge in [0.1, 0.15) is 17.6 Å². The van der Waals surface area contributed by atoms with Gasteiger partial charge in [-0.05, 0) is 54.4 Å². The van der Waals surface area contributed by atoms with E-state index >= 15 is 0 Å². The molecule has 1 saturated heterocycles. The summed E-state index contributed by atoms with van der Waals surface area (Å²) in [6.45, 7) is 3.01. The molecule has 3 aromatic rings. The SMILES string of the molecule is CC(C(=O)N1CC[C@@H](Oc2ccccc2Cl)[C@@H](c2cccc(Cl)c2)C1)c1ccc(O)cc1. The molecule has 1 fully saturated rings. The maximum Gasteiger partial charge on any atom is 0.229 e. The summed E-state index contributed by atoms with van der Waals surface area (Å²) in [5, 5.41) is 10.8. The standard InChI is InChI=1S/C26H25Cl2NO3/c1-17(18-9-11-21(30)12-10-18)26(31)29-14-13-24(32-25-8-3-2-7-23(25)28)22(16-29)19-5-4-6-20(27)15-19/h2-12,15,17,22,24,30H,13-14,16H2,1H3/t17?,22-,24-/m1/s1. The first-order chi connectivity index (χ1) is 15.4. The minimum absolute atomic E-state index is 0.0466. The van der Waals surface area contributed by atoms with Crippen molar-refractivity contribution in [3.8, 4) is 11.5 Å². The Balaban J connectivity index is 1.57. The van der Waals surface area contributed by atoms with E-state index in [9.17, 15) is 9.90 Å². The summed E-state index contributed by atoms with van der Waals surface area (Å²) < 4.78 is 6.34. The number of carbonyl (C=O) groups is 1. The number of hydrogen-bond acceptors (Lipinski definition) is 3. The first-order valence-corrected chi connectivity index (χ1v) is 11.4. The van der Waals surface area contributed by atoms with Crippen LogP contribution in [-0.4, -0.2) is 35.1 Å². The van der Waals surface area contributed by atoms with Gasteiger partial charge in [0.15, 0.2) is 0 Å². The van der Waals surface area contributed by atoms with Gasteiger partial charge in [-0.3, -0.25) is 4.79 Å². The smallest absolute Gasteiger partial charge is 0.229 e. The van der Waals surface area contributed by atoms with Crippen molar-refractivity contribution >= 4 is 29.1 Å². The van der Waals surface area contributed by atoms with E-state index in [1.807, 2.05) is 60.4 Å². The molecular weight excluding hydrogens is 445 g/mol. The van der Waals surface area contributed by atoms with E-state index in [4.69, 9.17) is 27.9 Å². The van der Waals surface area contributed by atoms with E-state index in [0.29, 0.717) is 35.3 Å². The summed E-state index contributed by atoms with van der Waals surface area (Å²) in [7, 11) is 0. The summed E-state index contributed by atoms with van der Waals surface area (Å²) in [6.07, 6.45) is 0.539. The van der Waals surface area contributed by atoms with Crippen molar-refractivity contribution in [2.75, 3.05) is 13.1 Å². The monoisotopic (exact) mass is 469 g/mol. The molecule has 32 heavy (non-hydrogen) atoms. The second kappa shape index (κ2) is 9.85. The lowest BCUT2D eigenvalue weighted by Gasteiger charge is -2.40. The Morgan fingerprint density at radius 1 is 1.06 bits per heavy atom. The van der Waals surface area contributed by atoms with Gasteiger partial charge in [0, 0.05) is 30.5 Å². The Morgan fingerprint density at radius 2 is 1.81 bits per heavy atom. The number of ether oxygens (including phenoxy) is 1. The zero-order chi connectivity index (χ0) is 22.7. The number of hydrogen-bond donors (Lipinski definition) is 1. The lowest BCUT2D eigenvalue weighted by Crippen LogP contribution is -2.48. The van der Waals surface area contributed by atoms with E-state index in [0.717, 1.165) is 11.1 Å². The van der Waals surface area contributed by atoms with Crippen molar-refractivity contribution in [2.24, 2.45) is 0 Å². The normalized spacial score (nSPS) is 19.4. The number of para-hydroxylation sites is 1. The number of phenolic OH excluding ortho intramolecular Hbond substituents is 1. The van der Waals surface area contributed by atoms with Gasteiger partial charge < -0.3 is 14.7 Å². The molecular formula is C26H25Cl2NO3. The van der Waals surface area contributed by atoms with E-state index < -0.39 is 0 Å². The van der Waals surface area contributed by atoms with Crippen LogP contribution >= 0.6 is 23.2 Å². The zero-order valence-electron chi connectivity index (χ0n) is 17.7. The molecule has 0 spiro atoms. The molecule has 4 nitrogen and oxygen atoms in total. The van der Waals surface area contributed by atoms with Gasteiger partial charge in [-0.25, -0.2) is 0 Å². The average molecular weight is 470 g/mol. The molecule has 0 saturated carbocycles. The predicted molar refractivity (Wildman–Crippen MR) is 128 cm³/mol. The van der Waals surface area contributed by atoms with Crippen LogP contribution in [0, 0.1) is 0 Å². The van der Waals surface area contributed by atoms with Crippen molar-refractivity contribution in [3.05, 3.63) is 94.0 Å². The molecule has 3 atom stereocenters. The van der Waals surface area contributed by atoms with Crippen LogP contribution in [0.5, 0.6) is 11.5 Å². The van der Waals surface area contributed by atoms with Gasteiger partial charge in [0.05, 0.1) is 10.9 Å². The van der Waals surface area contributed by atoms with E-state index in [-0.39, 0.29) is 29.6 Å². The number of likely N-dealkylation sites (tertiary alicyclic amines) is 1. The van der Waals surface area contributed by atoms with Crippen LogP contribution in [0.1, 0.15) is 36.3 Å². The van der Waals surface area contributed by atoms with E-state index in [1.54, 1.807) is 24.3 Å². The van der Waals surface area contributed by atoms with Crippen LogP contribution in [0.15, 0.2) is 72.8 Å². The summed E-state index contributed by atoms with van der Waals surface area (Å²) in [6, 6.07) is 22.0. The van der Waals surface area contributed by atoms with Crippen molar-refractivity contribution < 1.29 is 14.6 Å². The largest absolute Gasteiger partial charge is 0.508 e. The average Bonchev–Trinajstić information content (AvgIpc) is 2.80. The maximum atomic E-state index is 13.3. The third-order valence-electron chi connectivity index (χ3n) is 6.02. The number of rotatable bonds is 5. The topological polar surface area (TPSA) is 49.8 Å². The highest BCUT2D eigenvalue weighted by molar-refractivity contribution is 6.32. The molecule has 0 radical (unpaired) electrons. The molecule has 0 bridgehead atoms. The van der Waals surface area contributed by atoms with Crippen LogP contribution in [0.2, 0.25) is 10.0 Å². The Labute approximate surface area is 198 Å². The van der Waals surface area contributed by atoms with Crippen molar-refractivity contribution in [1.82, 2.24) is 4.90 Å². The first-order valence-electron chi connectivity index (χ1n) is 10.7. The van der Waals surface area contributed by atoms with Crippen molar-refractivity contribution in [3.63, 3.8) is 0 Å². The maximum absolute atomic E-state index is 13.3. The number of phenols is 1. The van der Waals surface area contributed by atoms with Gasteiger partial charge in [-0.2, -0.15) is 0 Å². The predicted octanol–water partition coefficient (Wildman–Crippen LogP) is 6.27. The number of nitrogens with zero attached hydrogens (tertiary/aromatic N) is 1. The molecule has 1 aliphatic heterocycles. The molecule has 3 aromatic carbocycles. The highest BCUT2D eigenvalue weighted by atomic mass is 35.5. The van der Waals surface area contributed by atoms with E-state index in [2.05, 4.69) is 0 Å². The van der Waals surface area contributed by atoms with Gasteiger partial charge in [-0.15, -0.1) is 0 Å². The van der Waals surface area contributed by atoms with Crippen molar-refractivity contribution in [1.29, 1.82) is 0 Å². The van der Waals surface area contributed by atoms with Crippen LogP contribution in [0.4, 0.5) is 0 Å². The van der Waals surface area contributed by atoms with Gasteiger partial charge in [-0.1, -0.05) is 59.6 Å². The number of aromatic hydroxyl groups is 1. The molecule has 1 unspecified atom stereocenters. The number of piperidine rings is 1. The molecule has 166 valence electrons. The molecule has 1 heterocycles. The summed E-state index contributed by atoms with van der Waals surface area (Å²) >= 11 is 12.6. The molecule has 0 aliphatic carbocycles. The number of amides is 1. The minimum Gasteiger partial charge on any atom is -0.508 e. The number of halogens is 2.